The van der Waals surface area contributed by atoms with Crippen molar-refractivity contribution >= 4 is 34.4 Å². The Hall–Kier alpha value is -3.55. The molecule has 3 N–H and O–H groups in total. The highest BCUT2D eigenvalue weighted by molar-refractivity contribution is 5.91. The Labute approximate surface area is 201 Å². The Morgan fingerprint density at radius 2 is 1.85 bits per heavy atom. The van der Waals surface area contributed by atoms with Gasteiger partial charge in [-0.15, -0.1) is 0 Å². The lowest BCUT2D eigenvalue weighted by atomic mass is 9.86. The van der Waals surface area contributed by atoms with Crippen molar-refractivity contribution in [3.8, 4) is 5.75 Å². The van der Waals surface area contributed by atoms with Gasteiger partial charge in [0, 0.05) is 32.1 Å². The van der Waals surface area contributed by atoms with Gasteiger partial charge in [0.15, 0.2) is 0 Å². The summed E-state index contributed by atoms with van der Waals surface area (Å²) in [6, 6.07) is 13.9. The van der Waals surface area contributed by atoms with Crippen LogP contribution in [-0.4, -0.2) is 49.8 Å². The molecule has 8 nitrogen and oxygen atoms in total. The second-order valence-electron chi connectivity index (χ2n) is 9.18. The van der Waals surface area contributed by atoms with Gasteiger partial charge in [-0.2, -0.15) is 4.98 Å². The van der Waals surface area contributed by atoms with Crippen molar-refractivity contribution in [2.45, 2.75) is 38.6 Å². The molecule has 0 unspecified atom stereocenters. The maximum absolute atomic E-state index is 12.4. The van der Waals surface area contributed by atoms with E-state index in [-0.39, 0.29) is 6.03 Å². The number of aryl methyl sites for hydroxylation is 1. The van der Waals surface area contributed by atoms with Crippen molar-refractivity contribution in [3.63, 3.8) is 0 Å². The van der Waals surface area contributed by atoms with Crippen LogP contribution in [0.15, 0.2) is 42.5 Å². The van der Waals surface area contributed by atoms with Crippen LogP contribution in [0.4, 0.5) is 22.2 Å². The Bertz CT molecular complexity index is 1140. The average molecular weight is 463 g/mol. The van der Waals surface area contributed by atoms with Gasteiger partial charge in [-0.25, -0.2) is 9.78 Å². The van der Waals surface area contributed by atoms with E-state index < -0.39 is 0 Å². The van der Waals surface area contributed by atoms with Gasteiger partial charge in [-0.05, 0) is 68.4 Å². The summed E-state index contributed by atoms with van der Waals surface area (Å²) in [7, 11) is 5.61. The summed E-state index contributed by atoms with van der Waals surface area (Å²) in [6.45, 7) is 2.64. The number of anilines is 3. The lowest BCUT2D eigenvalue weighted by Crippen LogP contribution is -2.36. The first-order chi connectivity index (χ1) is 16.4. The number of hydrogen-bond acceptors (Lipinski definition) is 6. The number of fused-ring (bicyclic) bond motifs is 1. The molecule has 0 spiro atoms. The standard InChI is InChI=1S/C26H34N6O2/c1-17-9-14-23(34-4)22(15-17)30-26(33)27-16-18-10-12-19(13-11-18)28-25-29-21-8-6-5-7-20(21)24(31-25)32(2)3/h5-9,14-15,18-19H,10-13,16H2,1-4H3,(H2,27,30,33)(H,28,29,31)/t18-,19+. The van der Waals surface area contributed by atoms with Crippen molar-refractivity contribution in [1.82, 2.24) is 15.3 Å². The molecule has 2 aromatic carbocycles. The minimum absolute atomic E-state index is 0.204. The molecule has 0 radical (unpaired) electrons. The first-order valence-corrected chi connectivity index (χ1v) is 11.8. The zero-order valence-corrected chi connectivity index (χ0v) is 20.4. The van der Waals surface area contributed by atoms with Gasteiger partial charge in [0.1, 0.15) is 11.6 Å². The number of amides is 2. The fourth-order valence-electron chi connectivity index (χ4n) is 4.48. The normalized spacial score (nSPS) is 17.8. The van der Waals surface area contributed by atoms with E-state index in [1.165, 1.54) is 0 Å². The van der Waals surface area contributed by atoms with Gasteiger partial charge in [-0.3, -0.25) is 0 Å². The fraction of sp³-hybridized carbons (Fsp3) is 0.423. The zero-order chi connectivity index (χ0) is 24.1. The molecule has 3 aromatic rings. The van der Waals surface area contributed by atoms with Gasteiger partial charge in [0.2, 0.25) is 5.95 Å². The van der Waals surface area contributed by atoms with E-state index >= 15 is 0 Å². The Balaban J connectivity index is 1.28. The van der Waals surface area contributed by atoms with Crippen LogP contribution < -0.4 is 25.6 Å². The molecule has 0 saturated heterocycles. The molecule has 0 atom stereocenters. The van der Waals surface area contributed by atoms with E-state index in [4.69, 9.17) is 14.7 Å². The highest BCUT2D eigenvalue weighted by Crippen LogP contribution is 2.29. The molecule has 1 aliphatic rings. The number of hydrogen-bond donors (Lipinski definition) is 3. The van der Waals surface area contributed by atoms with E-state index in [0.717, 1.165) is 48.0 Å². The minimum Gasteiger partial charge on any atom is -0.495 e. The summed E-state index contributed by atoms with van der Waals surface area (Å²) in [5.41, 5.74) is 2.69. The third-order valence-electron chi connectivity index (χ3n) is 6.34. The topological polar surface area (TPSA) is 91.4 Å². The molecule has 4 rings (SSSR count). The predicted molar refractivity (Wildman–Crippen MR) is 138 cm³/mol. The summed E-state index contributed by atoms with van der Waals surface area (Å²) in [4.78, 5) is 23.9. The summed E-state index contributed by atoms with van der Waals surface area (Å²) >= 11 is 0. The predicted octanol–water partition coefficient (Wildman–Crippen LogP) is 4.81. The molecule has 1 aromatic heterocycles. The second kappa shape index (κ2) is 10.6. The SMILES string of the molecule is COc1ccc(C)cc1NC(=O)NC[C@H]1CC[C@@H](Nc2nc(N(C)C)c3ccccc3n2)CC1. The van der Waals surface area contributed by atoms with Gasteiger partial charge in [0.25, 0.3) is 0 Å². The average Bonchev–Trinajstić information content (AvgIpc) is 2.83. The third kappa shape index (κ3) is 5.68. The van der Waals surface area contributed by atoms with Crippen LogP contribution in [-0.2, 0) is 0 Å². The van der Waals surface area contributed by atoms with Crippen molar-refractivity contribution < 1.29 is 9.53 Å². The number of rotatable bonds is 7. The molecule has 1 heterocycles. The van der Waals surface area contributed by atoms with Gasteiger partial charge >= 0.3 is 6.03 Å². The fourth-order valence-corrected chi connectivity index (χ4v) is 4.48. The van der Waals surface area contributed by atoms with Crippen LogP contribution in [0.5, 0.6) is 5.75 Å². The summed E-state index contributed by atoms with van der Waals surface area (Å²) in [5, 5.41) is 10.5. The number of carbonyl (C=O) groups is 1. The van der Waals surface area contributed by atoms with Crippen LogP contribution >= 0.6 is 0 Å². The Morgan fingerprint density at radius 1 is 1.09 bits per heavy atom. The zero-order valence-electron chi connectivity index (χ0n) is 20.4. The van der Waals surface area contributed by atoms with Crippen molar-refractivity contribution in [1.29, 1.82) is 0 Å². The van der Waals surface area contributed by atoms with Gasteiger partial charge < -0.3 is 25.6 Å². The Morgan fingerprint density at radius 3 is 2.59 bits per heavy atom. The summed E-state index contributed by atoms with van der Waals surface area (Å²) < 4.78 is 5.34. The molecule has 0 bridgehead atoms. The van der Waals surface area contributed by atoms with Crippen molar-refractivity contribution in [3.05, 3.63) is 48.0 Å². The van der Waals surface area contributed by atoms with E-state index in [0.29, 0.717) is 35.9 Å². The lowest BCUT2D eigenvalue weighted by molar-refractivity contribution is 0.246. The smallest absolute Gasteiger partial charge is 0.319 e. The molecule has 0 aliphatic heterocycles. The van der Waals surface area contributed by atoms with Crippen LogP contribution in [0.3, 0.4) is 0 Å². The number of ether oxygens (including phenoxy) is 1. The minimum atomic E-state index is -0.204. The number of carbonyl (C=O) groups excluding carboxylic acids is 1. The second-order valence-corrected chi connectivity index (χ2v) is 9.18. The molecular weight excluding hydrogens is 428 g/mol. The lowest BCUT2D eigenvalue weighted by Gasteiger charge is -2.29. The summed E-state index contributed by atoms with van der Waals surface area (Å²) in [6.07, 6.45) is 4.12. The molecular formula is C26H34N6O2. The highest BCUT2D eigenvalue weighted by Gasteiger charge is 2.23. The molecule has 180 valence electrons. The number of nitrogens with zero attached hydrogens (tertiary/aromatic N) is 3. The molecule has 1 fully saturated rings. The third-order valence-corrected chi connectivity index (χ3v) is 6.34. The van der Waals surface area contributed by atoms with E-state index in [1.807, 2.05) is 62.3 Å². The highest BCUT2D eigenvalue weighted by atomic mass is 16.5. The van der Waals surface area contributed by atoms with Gasteiger partial charge in [-0.1, -0.05) is 18.2 Å². The van der Waals surface area contributed by atoms with Gasteiger partial charge in [0.05, 0.1) is 18.3 Å². The molecule has 8 heteroatoms. The Kier molecular flexibility index (Phi) is 7.35. The molecule has 2 amide bonds. The van der Waals surface area contributed by atoms with E-state index in [9.17, 15) is 4.79 Å². The first kappa shape index (κ1) is 23.6. The van der Waals surface area contributed by atoms with Crippen LogP contribution in [0.25, 0.3) is 10.9 Å². The number of benzene rings is 2. The number of aromatic nitrogens is 2. The number of nitrogens with one attached hydrogen (secondary N) is 3. The van der Waals surface area contributed by atoms with Crippen LogP contribution in [0.1, 0.15) is 31.2 Å². The van der Waals surface area contributed by atoms with Crippen molar-refractivity contribution in [2.24, 2.45) is 5.92 Å². The monoisotopic (exact) mass is 462 g/mol. The van der Waals surface area contributed by atoms with Crippen molar-refractivity contribution in [2.75, 3.05) is 43.3 Å². The molecule has 1 saturated carbocycles. The number of methoxy groups -OCH3 is 1. The molecule has 34 heavy (non-hydrogen) atoms. The molecule has 1 aliphatic carbocycles. The number of urea groups is 1. The number of para-hydroxylation sites is 1. The van der Waals surface area contributed by atoms with Crippen LogP contribution in [0, 0.1) is 12.8 Å². The largest absolute Gasteiger partial charge is 0.495 e. The van der Waals surface area contributed by atoms with E-state index in [1.54, 1.807) is 7.11 Å². The first-order valence-electron chi connectivity index (χ1n) is 11.8. The van der Waals surface area contributed by atoms with E-state index in [2.05, 4.69) is 22.0 Å². The quantitative estimate of drug-likeness (QED) is 0.467. The maximum Gasteiger partial charge on any atom is 0.319 e. The maximum atomic E-state index is 12.4. The van der Waals surface area contributed by atoms with Crippen LogP contribution in [0.2, 0.25) is 0 Å². The summed E-state index contributed by atoms with van der Waals surface area (Å²) in [5.74, 6) is 2.71.